The topological polar surface area (TPSA) is 45.2 Å². The van der Waals surface area contributed by atoms with Crippen LogP contribution in [0.2, 0.25) is 0 Å². The highest BCUT2D eigenvalue weighted by atomic mass is 19.4. The Labute approximate surface area is 176 Å². The molecule has 1 aromatic heterocycles. The van der Waals surface area contributed by atoms with E-state index in [2.05, 4.69) is 17.2 Å². The van der Waals surface area contributed by atoms with Gasteiger partial charge in [-0.05, 0) is 56.9 Å². The number of carbonyl (C=O) groups is 1. The Kier molecular flexibility index (Phi) is 7.87. The van der Waals surface area contributed by atoms with Crippen LogP contribution in [0.15, 0.2) is 30.3 Å². The molecule has 0 aliphatic carbocycles. The maximum atomic E-state index is 13.1. The first-order valence-corrected chi connectivity index (χ1v) is 10.3. The summed E-state index contributed by atoms with van der Waals surface area (Å²) < 4.78 is 39.3. The number of halogens is 3. The van der Waals surface area contributed by atoms with E-state index < -0.39 is 11.9 Å². The fourth-order valence-electron chi connectivity index (χ4n) is 3.44. The molecule has 1 unspecified atom stereocenters. The zero-order valence-corrected chi connectivity index (χ0v) is 18.2. The van der Waals surface area contributed by atoms with E-state index in [0.29, 0.717) is 18.7 Å². The second-order valence-electron chi connectivity index (χ2n) is 7.33. The minimum atomic E-state index is -4.51. The van der Waals surface area contributed by atoms with Crippen LogP contribution in [-0.4, -0.2) is 24.0 Å². The number of nitrogens with one attached hydrogen (secondary N) is 1. The molecule has 2 aromatic rings. The quantitative estimate of drug-likeness (QED) is 0.634. The standard InChI is InChI=1S/C23H30F3N3O/c1-6-17-9-10-18(13-15(17)4)16(5)22(30)27-14-19-11-12-20(23(24,25)26)28-21(19)29(7-2)8-3/h9-13,16H,6-8,14H2,1-5H3,(H,27,30). The second-order valence-corrected chi connectivity index (χ2v) is 7.33. The molecule has 164 valence electrons. The van der Waals surface area contributed by atoms with E-state index in [1.807, 2.05) is 45.9 Å². The van der Waals surface area contributed by atoms with Gasteiger partial charge in [0.05, 0.1) is 5.92 Å². The van der Waals surface area contributed by atoms with Crippen LogP contribution in [0.3, 0.4) is 0 Å². The predicted octanol–water partition coefficient (Wildman–Crippen LogP) is 5.24. The van der Waals surface area contributed by atoms with Crippen LogP contribution in [-0.2, 0) is 23.9 Å². The number of benzene rings is 1. The van der Waals surface area contributed by atoms with Crippen LogP contribution in [0.5, 0.6) is 0 Å². The summed E-state index contributed by atoms with van der Waals surface area (Å²) in [7, 11) is 0. The average Bonchev–Trinajstić information content (AvgIpc) is 2.72. The van der Waals surface area contributed by atoms with Gasteiger partial charge in [-0.15, -0.1) is 0 Å². The zero-order valence-electron chi connectivity index (χ0n) is 18.2. The molecule has 0 fully saturated rings. The second kappa shape index (κ2) is 9.96. The van der Waals surface area contributed by atoms with Crippen LogP contribution >= 0.6 is 0 Å². The smallest absolute Gasteiger partial charge is 0.357 e. The van der Waals surface area contributed by atoms with Gasteiger partial charge in [-0.3, -0.25) is 4.79 Å². The Balaban J connectivity index is 2.21. The number of rotatable bonds is 8. The fourth-order valence-corrected chi connectivity index (χ4v) is 3.44. The molecular formula is C23H30F3N3O. The van der Waals surface area contributed by atoms with Gasteiger partial charge in [0, 0.05) is 25.2 Å². The number of nitrogens with zero attached hydrogens (tertiary/aromatic N) is 2. The van der Waals surface area contributed by atoms with Crippen molar-refractivity contribution in [3.8, 4) is 0 Å². The van der Waals surface area contributed by atoms with Crippen molar-refractivity contribution in [3.63, 3.8) is 0 Å². The van der Waals surface area contributed by atoms with Crippen LogP contribution in [0.4, 0.5) is 19.0 Å². The van der Waals surface area contributed by atoms with Gasteiger partial charge in [0.1, 0.15) is 11.5 Å². The summed E-state index contributed by atoms with van der Waals surface area (Å²) in [6, 6.07) is 8.37. The summed E-state index contributed by atoms with van der Waals surface area (Å²) in [5.74, 6) is -0.288. The van der Waals surface area contributed by atoms with Crippen molar-refractivity contribution in [2.75, 3.05) is 18.0 Å². The Morgan fingerprint density at radius 2 is 1.73 bits per heavy atom. The normalized spacial score (nSPS) is 12.5. The van der Waals surface area contributed by atoms with Crippen molar-refractivity contribution in [2.45, 2.75) is 59.7 Å². The summed E-state index contributed by atoms with van der Waals surface area (Å²) in [6.45, 7) is 10.8. The number of amides is 1. The number of pyridine rings is 1. The van der Waals surface area contributed by atoms with E-state index >= 15 is 0 Å². The van der Waals surface area contributed by atoms with Crippen molar-refractivity contribution in [1.29, 1.82) is 0 Å². The van der Waals surface area contributed by atoms with Gasteiger partial charge >= 0.3 is 6.18 Å². The SMILES string of the molecule is CCc1ccc(C(C)C(=O)NCc2ccc(C(F)(F)F)nc2N(CC)CC)cc1C. The number of carbonyl (C=O) groups excluding carboxylic acids is 1. The number of aryl methyl sites for hydroxylation is 2. The van der Waals surface area contributed by atoms with Crippen molar-refractivity contribution >= 4 is 11.7 Å². The predicted molar refractivity (Wildman–Crippen MR) is 114 cm³/mol. The molecule has 0 aliphatic rings. The zero-order chi connectivity index (χ0) is 22.5. The van der Waals surface area contributed by atoms with Crippen LogP contribution < -0.4 is 10.2 Å². The summed E-state index contributed by atoms with van der Waals surface area (Å²) in [6.07, 6.45) is -3.58. The lowest BCUT2D eigenvalue weighted by Crippen LogP contribution is -2.30. The summed E-state index contributed by atoms with van der Waals surface area (Å²) >= 11 is 0. The third-order valence-corrected chi connectivity index (χ3v) is 5.40. The highest BCUT2D eigenvalue weighted by molar-refractivity contribution is 5.83. The van der Waals surface area contributed by atoms with Gasteiger partial charge in [-0.25, -0.2) is 4.98 Å². The van der Waals surface area contributed by atoms with E-state index in [0.717, 1.165) is 23.6 Å². The molecular weight excluding hydrogens is 391 g/mol. The molecule has 1 atom stereocenters. The lowest BCUT2D eigenvalue weighted by Gasteiger charge is -2.24. The van der Waals surface area contributed by atoms with E-state index in [1.165, 1.54) is 11.6 Å². The lowest BCUT2D eigenvalue weighted by molar-refractivity contribution is -0.141. The number of anilines is 1. The Hall–Kier alpha value is -2.57. The van der Waals surface area contributed by atoms with Crippen LogP contribution in [0.25, 0.3) is 0 Å². The van der Waals surface area contributed by atoms with Gasteiger partial charge in [0.2, 0.25) is 5.91 Å². The molecule has 1 aromatic carbocycles. The minimum Gasteiger partial charge on any atom is -0.357 e. The first kappa shape index (κ1) is 23.7. The number of aromatic nitrogens is 1. The van der Waals surface area contributed by atoms with Gasteiger partial charge < -0.3 is 10.2 Å². The molecule has 30 heavy (non-hydrogen) atoms. The van der Waals surface area contributed by atoms with Crippen molar-refractivity contribution in [1.82, 2.24) is 10.3 Å². The van der Waals surface area contributed by atoms with E-state index in [9.17, 15) is 18.0 Å². The third-order valence-electron chi connectivity index (χ3n) is 5.40. The van der Waals surface area contributed by atoms with Gasteiger partial charge in [-0.1, -0.05) is 31.2 Å². The van der Waals surface area contributed by atoms with Gasteiger partial charge in [0.15, 0.2) is 0 Å². The third kappa shape index (κ3) is 5.52. The maximum Gasteiger partial charge on any atom is 0.433 e. The van der Waals surface area contributed by atoms with E-state index in [1.54, 1.807) is 4.90 Å². The number of alkyl halides is 3. The van der Waals surface area contributed by atoms with Crippen molar-refractivity contribution < 1.29 is 18.0 Å². The molecule has 0 saturated carbocycles. The molecule has 1 N–H and O–H groups in total. The molecule has 0 spiro atoms. The highest BCUT2D eigenvalue weighted by Crippen LogP contribution is 2.30. The molecule has 0 bridgehead atoms. The molecule has 2 rings (SSSR count). The van der Waals surface area contributed by atoms with Gasteiger partial charge in [0.25, 0.3) is 0 Å². The molecule has 7 heteroatoms. The first-order valence-electron chi connectivity index (χ1n) is 10.3. The highest BCUT2D eigenvalue weighted by Gasteiger charge is 2.33. The van der Waals surface area contributed by atoms with Crippen molar-refractivity contribution in [3.05, 3.63) is 58.3 Å². The molecule has 4 nitrogen and oxygen atoms in total. The Bertz CT molecular complexity index is 876. The first-order chi connectivity index (χ1) is 14.1. The van der Waals surface area contributed by atoms with E-state index in [4.69, 9.17) is 0 Å². The monoisotopic (exact) mass is 421 g/mol. The largest absolute Gasteiger partial charge is 0.433 e. The molecule has 1 heterocycles. The Morgan fingerprint density at radius 3 is 2.27 bits per heavy atom. The number of hydrogen-bond donors (Lipinski definition) is 1. The summed E-state index contributed by atoms with van der Waals surface area (Å²) in [5, 5.41) is 2.86. The number of hydrogen-bond acceptors (Lipinski definition) is 3. The molecule has 0 aliphatic heterocycles. The van der Waals surface area contributed by atoms with Crippen LogP contribution in [0.1, 0.15) is 61.6 Å². The molecule has 0 saturated heterocycles. The summed E-state index contributed by atoms with van der Waals surface area (Å²) in [5.41, 5.74) is 2.93. The average molecular weight is 422 g/mol. The van der Waals surface area contributed by atoms with E-state index in [-0.39, 0.29) is 24.2 Å². The molecule has 1 amide bonds. The van der Waals surface area contributed by atoms with Crippen LogP contribution in [0, 0.1) is 6.92 Å². The lowest BCUT2D eigenvalue weighted by atomic mass is 9.95. The fraction of sp³-hybridized carbons (Fsp3) is 0.478. The maximum absolute atomic E-state index is 13.1. The minimum absolute atomic E-state index is 0.117. The van der Waals surface area contributed by atoms with Gasteiger partial charge in [-0.2, -0.15) is 13.2 Å². The van der Waals surface area contributed by atoms with Crippen molar-refractivity contribution in [2.24, 2.45) is 0 Å². The summed E-state index contributed by atoms with van der Waals surface area (Å²) in [4.78, 5) is 18.3. The Morgan fingerprint density at radius 1 is 1.10 bits per heavy atom. The molecule has 0 radical (unpaired) electrons.